The third kappa shape index (κ3) is 7.33. The maximum Gasteiger partial charge on any atom is 0.126 e. The summed E-state index contributed by atoms with van der Waals surface area (Å²) in [5.74, 6) is 0. The largest absolute Gasteiger partial charge is 0.126 e. The van der Waals surface area contributed by atoms with Gasteiger partial charge in [0, 0.05) is 10.2 Å². The second kappa shape index (κ2) is 8.20. The standard InChI is InChI=1S/C10H14Br2Cl2/c1-7(6-11)3-4-9(12)8(2)5-10(13)14/h3,5,9-10H,4,6H2,1-2H3/b7-3+,8-5+/t9-/m1/s1. The van der Waals surface area contributed by atoms with Crippen molar-refractivity contribution in [3.63, 3.8) is 0 Å². The number of allylic oxidation sites excluding steroid dienone is 4. The fraction of sp³-hybridized carbons (Fsp3) is 0.600. The molecule has 0 aliphatic heterocycles. The van der Waals surface area contributed by atoms with Crippen molar-refractivity contribution >= 4 is 55.1 Å². The molecule has 0 spiro atoms. The van der Waals surface area contributed by atoms with Gasteiger partial charge in [-0.05, 0) is 20.3 Å². The van der Waals surface area contributed by atoms with Crippen LogP contribution in [0.1, 0.15) is 20.3 Å². The molecule has 0 aromatic rings. The molecule has 0 aromatic carbocycles. The summed E-state index contributed by atoms with van der Waals surface area (Å²) >= 11 is 18.3. The number of alkyl halides is 4. The summed E-state index contributed by atoms with van der Waals surface area (Å²) in [6.45, 7) is 4.12. The smallest absolute Gasteiger partial charge is 0.101 e. The summed E-state index contributed by atoms with van der Waals surface area (Å²) in [6, 6.07) is 0. The van der Waals surface area contributed by atoms with Gasteiger partial charge in [0.15, 0.2) is 0 Å². The van der Waals surface area contributed by atoms with Gasteiger partial charge >= 0.3 is 0 Å². The molecule has 0 nitrogen and oxygen atoms in total. The van der Waals surface area contributed by atoms with Crippen LogP contribution in [0.5, 0.6) is 0 Å². The molecule has 0 aliphatic carbocycles. The summed E-state index contributed by atoms with van der Waals surface area (Å²) in [5.41, 5.74) is 2.49. The Morgan fingerprint density at radius 2 is 1.93 bits per heavy atom. The number of hydrogen-bond donors (Lipinski definition) is 0. The van der Waals surface area contributed by atoms with Crippen molar-refractivity contribution in [3.05, 3.63) is 23.3 Å². The summed E-state index contributed by atoms with van der Waals surface area (Å²) < 4.78 is 0. The molecule has 0 saturated heterocycles. The van der Waals surface area contributed by atoms with Gasteiger partial charge < -0.3 is 0 Å². The maximum atomic E-state index is 5.65. The van der Waals surface area contributed by atoms with Gasteiger partial charge in [-0.2, -0.15) is 0 Å². The van der Waals surface area contributed by atoms with Crippen molar-refractivity contribution in [3.8, 4) is 0 Å². The fourth-order valence-corrected chi connectivity index (χ4v) is 1.81. The molecule has 4 heteroatoms. The van der Waals surface area contributed by atoms with Crippen molar-refractivity contribution in [2.75, 3.05) is 5.33 Å². The van der Waals surface area contributed by atoms with Gasteiger partial charge in [-0.15, -0.1) is 23.2 Å². The van der Waals surface area contributed by atoms with E-state index in [-0.39, 0.29) is 0 Å². The highest BCUT2D eigenvalue weighted by atomic mass is 79.9. The Hall–Kier alpha value is 1.02. The van der Waals surface area contributed by atoms with Crippen molar-refractivity contribution in [2.45, 2.75) is 29.9 Å². The first-order valence-corrected chi connectivity index (χ1v) is 7.20. The first-order valence-electron chi connectivity index (χ1n) is 4.29. The average Bonchev–Trinajstić information content (AvgIpc) is 2.12. The molecular weight excluding hydrogens is 351 g/mol. The van der Waals surface area contributed by atoms with Crippen LogP contribution in [0, 0.1) is 0 Å². The highest BCUT2D eigenvalue weighted by molar-refractivity contribution is 9.09. The van der Waals surface area contributed by atoms with Crippen LogP contribution in [-0.4, -0.2) is 15.0 Å². The van der Waals surface area contributed by atoms with Crippen LogP contribution in [0.15, 0.2) is 23.3 Å². The van der Waals surface area contributed by atoms with E-state index in [1.165, 1.54) is 11.1 Å². The van der Waals surface area contributed by atoms with E-state index in [0.29, 0.717) is 4.83 Å². The monoisotopic (exact) mass is 362 g/mol. The zero-order valence-electron chi connectivity index (χ0n) is 8.24. The van der Waals surface area contributed by atoms with E-state index >= 15 is 0 Å². The number of halogens is 4. The van der Waals surface area contributed by atoms with E-state index in [4.69, 9.17) is 23.2 Å². The van der Waals surface area contributed by atoms with E-state index in [9.17, 15) is 0 Å². The topological polar surface area (TPSA) is 0 Å². The van der Waals surface area contributed by atoms with Crippen LogP contribution >= 0.6 is 55.1 Å². The molecule has 0 aromatic heterocycles. The van der Waals surface area contributed by atoms with Crippen LogP contribution in [0.4, 0.5) is 0 Å². The molecule has 0 amide bonds. The minimum Gasteiger partial charge on any atom is -0.101 e. The van der Waals surface area contributed by atoms with Gasteiger partial charge in [0.25, 0.3) is 0 Å². The second-order valence-electron chi connectivity index (χ2n) is 3.13. The molecule has 0 fully saturated rings. The first kappa shape index (κ1) is 15.0. The van der Waals surface area contributed by atoms with Crippen LogP contribution < -0.4 is 0 Å². The predicted octanol–water partition coefficient (Wildman–Crippen LogP) is 5.23. The highest BCUT2D eigenvalue weighted by Crippen LogP contribution is 2.20. The maximum absolute atomic E-state index is 5.65. The Morgan fingerprint density at radius 3 is 2.36 bits per heavy atom. The lowest BCUT2D eigenvalue weighted by molar-refractivity contribution is 0.999. The molecule has 0 heterocycles. The molecule has 82 valence electrons. The molecule has 0 saturated carbocycles. The summed E-state index contributed by atoms with van der Waals surface area (Å²) in [7, 11) is 0. The zero-order chi connectivity index (χ0) is 11.1. The normalized spacial score (nSPS) is 16.2. The van der Waals surface area contributed by atoms with E-state index in [1.807, 2.05) is 13.0 Å². The van der Waals surface area contributed by atoms with Crippen molar-refractivity contribution in [1.82, 2.24) is 0 Å². The van der Waals surface area contributed by atoms with Gasteiger partial charge in [-0.25, -0.2) is 0 Å². The van der Waals surface area contributed by atoms with E-state index in [2.05, 4.69) is 44.9 Å². The Morgan fingerprint density at radius 1 is 1.36 bits per heavy atom. The third-order valence-corrected chi connectivity index (χ3v) is 4.00. The highest BCUT2D eigenvalue weighted by Gasteiger charge is 2.06. The van der Waals surface area contributed by atoms with Crippen LogP contribution in [0.3, 0.4) is 0 Å². The molecule has 1 atom stereocenters. The van der Waals surface area contributed by atoms with Crippen LogP contribution in [0.2, 0.25) is 0 Å². The molecular formula is C10H14Br2Cl2. The molecule has 0 radical (unpaired) electrons. The summed E-state index contributed by atoms with van der Waals surface area (Å²) in [5, 5.41) is 0.920. The predicted molar refractivity (Wildman–Crippen MR) is 74.1 cm³/mol. The zero-order valence-corrected chi connectivity index (χ0v) is 12.9. The van der Waals surface area contributed by atoms with Gasteiger partial charge in [-0.1, -0.05) is 55.2 Å². The third-order valence-electron chi connectivity index (χ3n) is 1.77. The summed E-state index contributed by atoms with van der Waals surface area (Å²) in [4.78, 5) is -0.104. The SMILES string of the molecule is C/C(=C\C[C@@H](Br)/C(C)=C/C(Cl)Cl)CBr. The summed E-state index contributed by atoms with van der Waals surface area (Å²) in [6.07, 6.45) is 5.00. The van der Waals surface area contributed by atoms with Crippen molar-refractivity contribution in [2.24, 2.45) is 0 Å². The van der Waals surface area contributed by atoms with Gasteiger partial charge in [0.2, 0.25) is 0 Å². The minimum atomic E-state index is -0.420. The van der Waals surface area contributed by atoms with E-state index in [0.717, 1.165) is 11.8 Å². The first-order chi connectivity index (χ1) is 6.47. The molecule has 0 N–H and O–H groups in total. The number of rotatable bonds is 5. The van der Waals surface area contributed by atoms with E-state index in [1.54, 1.807) is 0 Å². The van der Waals surface area contributed by atoms with Gasteiger partial charge in [0.05, 0.1) is 0 Å². The second-order valence-corrected chi connectivity index (χ2v) is 5.96. The Labute approximate surface area is 113 Å². The Balaban J connectivity index is 4.15. The lowest BCUT2D eigenvalue weighted by atomic mass is 10.1. The average molecular weight is 365 g/mol. The van der Waals surface area contributed by atoms with Gasteiger partial charge in [0.1, 0.15) is 4.84 Å². The van der Waals surface area contributed by atoms with Crippen LogP contribution in [-0.2, 0) is 0 Å². The Bertz CT molecular complexity index is 222. The number of hydrogen-bond acceptors (Lipinski definition) is 0. The molecule has 0 unspecified atom stereocenters. The van der Waals surface area contributed by atoms with Gasteiger partial charge in [-0.3, -0.25) is 0 Å². The van der Waals surface area contributed by atoms with Crippen LogP contribution in [0.25, 0.3) is 0 Å². The van der Waals surface area contributed by atoms with Crippen molar-refractivity contribution < 1.29 is 0 Å². The van der Waals surface area contributed by atoms with Crippen molar-refractivity contribution in [1.29, 1.82) is 0 Å². The molecule has 0 rings (SSSR count). The Kier molecular flexibility index (Phi) is 8.80. The fourth-order valence-electron chi connectivity index (χ4n) is 0.848. The molecule has 0 aliphatic rings. The molecule has 14 heavy (non-hydrogen) atoms. The molecule has 0 bridgehead atoms. The lowest BCUT2D eigenvalue weighted by Crippen LogP contribution is -2.00. The quantitative estimate of drug-likeness (QED) is 0.462. The minimum absolute atomic E-state index is 0.316. The lowest BCUT2D eigenvalue weighted by Gasteiger charge is -2.08. The van der Waals surface area contributed by atoms with E-state index < -0.39 is 4.84 Å².